The maximum atomic E-state index is 13.8. The molecule has 0 aliphatic carbocycles. The lowest BCUT2D eigenvalue weighted by Crippen LogP contribution is -2.59. The smallest absolute Gasteiger partial charge is 0.407 e. The van der Waals surface area contributed by atoms with E-state index in [4.69, 9.17) is 38.0 Å². The van der Waals surface area contributed by atoms with Crippen LogP contribution in [-0.2, 0) is 33.7 Å². The first-order valence-electron chi connectivity index (χ1n) is 22.1. The van der Waals surface area contributed by atoms with Gasteiger partial charge in [0.05, 0.1) is 47.4 Å². The van der Waals surface area contributed by atoms with Gasteiger partial charge in [-0.05, 0) is 81.5 Å². The van der Waals surface area contributed by atoms with Crippen molar-refractivity contribution >= 4 is 20.2 Å². The number of carbonyl (C=O) groups is 2. The van der Waals surface area contributed by atoms with Crippen LogP contribution in [0.25, 0.3) is 0 Å². The van der Waals surface area contributed by atoms with Crippen LogP contribution in [-0.4, -0.2) is 112 Å². The summed E-state index contributed by atoms with van der Waals surface area (Å²) >= 11 is 0. The Morgan fingerprint density at radius 2 is 1.32 bits per heavy atom. The first-order valence-corrected chi connectivity index (χ1v) is 23.6. The number of quaternary nitrogens is 1. The van der Waals surface area contributed by atoms with Crippen molar-refractivity contribution in [3.8, 4) is 17.6 Å². The number of ether oxygens (including phenoxy) is 5. The fourth-order valence-electron chi connectivity index (χ4n) is 9.38. The van der Waals surface area contributed by atoms with Crippen molar-refractivity contribution in [1.82, 2.24) is 9.99 Å². The molecule has 0 saturated carbocycles. The topological polar surface area (TPSA) is 161 Å². The summed E-state index contributed by atoms with van der Waals surface area (Å²) in [6.07, 6.45) is 1.92. The molecule has 2 aliphatic rings. The average molecular weight is 892 g/mol. The number of carbonyl (C=O) groups excluding carboxylic acids is 2. The Bertz CT molecular complexity index is 1890. The first-order chi connectivity index (χ1) is 30.1. The van der Waals surface area contributed by atoms with Gasteiger partial charge in [0.2, 0.25) is 0 Å². The summed E-state index contributed by atoms with van der Waals surface area (Å²) in [6, 6.07) is 27.1. The van der Waals surface area contributed by atoms with E-state index in [2.05, 4.69) is 19.4 Å². The third-order valence-corrected chi connectivity index (χ3v) is 14.8. The summed E-state index contributed by atoms with van der Waals surface area (Å²) in [5, 5.41) is 11.9. The minimum atomic E-state index is -3.58. The van der Waals surface area contributed by atoms with Crippen molar-refractivity contribution < 1.29 is 51.7 Å². The summed E-state index contributed by atoms with van der Waals surface area (Å²) in [5.41, 5.74) is 1.45. The Balaban J connectivity index is 1.27. The Morgan fingerprint density at radius 3 is 1.84 bits per heavy atom. The molecule has 2 heterocycles. The van der Waals surface area contributed by atoms with Gasteiger partial charge in [0.1, 0.15) is 41.9 Å². The van der Waals surface area contributed by atoms with E-state index in [1.165, 1.54) is 6.92 Å². The summed E-state index contributed by atoms with van der Waals surface area (Å²) in [5.74, 6) is 0.997. The molecule has 3 aromatic carbocycles. The van der Waals surface area contributed by atoms with Crippen LogP contribution in [0.3, 0.4) is 0 Å². The lowest BCUT2D eigenvalue weighted by Gasteiger charge is -2.44. The van der Waals surface area contributed by atoms with Crippen molar-refractivity contribution in [3.05, 3.63) is 95.6 Å². The molecule has 0 radical (unpaired) electrons. The normalized spacial score (nSPS) is 21.4. The van der Waals surface area contributed by atoms with Crippen LogP contribution in [0.5, 0.6) is 11.5 Å². The Kier molecular flexibility index (Phi) is 17.8. The molecule has 1 amide bonds. The second kappa shape index (κ2) is 22.5. The van der Waals surface area contributed by atoms with Gasteiger partial charge >= 0.3 is 20.2 Å². The molecule has 2 saturated heterocycles. The number of rotatable bonds is 23. The van der Waals surface area contributed by atoms with Crippen LogP contribution in [0.4, 0.5) is 4.79 Å². The van der Waals surface area contributed by atoms with Gasteiger partial charge in [0.15, 0.2) is 12.2 Å². The number of esters is 1. The molecule has 63 heavy (non-hydrogen) atoms. The molecule has 1 N–H and O–H groups in total. The number of hydrogen-bond donors (Lipinski definition) is 1. The molecular formula is C48H68N4O10P+. The van der Waals surface area contributed by atoms with Crippen LogP contribution >= 0.6 is 8.09 Å². The summed E-state index contributed by atoms with van der Waals surface area (Å²) < 4.78 is 44.9. The monoisotopic (exact) mass is 891 g/mol. The highest BCUT2D eigenvalue weighted by molar-refractivity contribution is 7.56. The third-order valence-electron chi connectivity index (χ3n) is 12.3. The number of amides is 1. The quantitative estimate of drug-likeness (QED) is 0.0326. The van der Waals surface area contributed by atoms with Gasteiger partial charge in [0, 0.05) is 38.4 Å². The van der Waals surface area contributed by atoms with Crippen LogP contribution in [0.15, 0.2) is 78.9 Å². The zero-order chi connectivity index (χ0) is 45.8. The minimum absolute atomic E-state index is 0.0375. The number of hydrogen-bond acceptors (Lipinski definition) is 12. The van der Waals surface area contributed by atoms with E-state index in [0.717, 1.165) is 36.0 Å². The molecule has 2 fully saturated rings. The van der Waals surface area contributed by atoms with E-state index in [1.807, 2.05) is 113 Å². The highest BCUT2D eigenvalue weighted by atomic mass is 31.2. The molecule has 0 spiro atoms. The molecule has 6 atom stereocenters. The van der Waals surface area contributed by atoms with Crippen molar-refractivity contribution in [2.24, 2.45) is 0 Å². The van der Waals surface area contributed by atoms with Gasteiger partial charge in [-0.3, -0.25) is 4.79 Å². The van der Waals surface area contributed by atoms with Gasteiger partial charge in [-0.25, -0.2) is 4.79 Å². The predicted octanol–water partition coefficient (Wildman–Crippen LogP) is 7.69. The number of piperidine rings is 1. The van der Waals surface area contributed by atoms with E-state index < -0.39 is 44.1 Å². The summed E-state index contributed by atoms with van der Waals surface area (Å²) in [6.45, 7) is 9.90. The van der Waals surface area contributed by atoms with Crippen molar-refractivity contribution in [3.63, 3.8) is 0 Å². The lowest BCUT2D eigenvalue weighted by molar-refractivity contribution is -0.934. The number of unbranched alkanes of at least 4 members (excludes halogenated alkanes) is 3. The van der Waals surface area contributed by atoms with Gasteiger partial charge in [0.25, 0.3) is 0 Å². The molecule has 2 unspecified atom stereocenters. The van der Waals surface area contributed by atoms with Crippen LogP contribution in [0.2, 0.25) is 0 Å². The maximum absolute atomic E-state index is 13.8. The van der Waals surface area contributed by atoms with E-state index in [1.54, 1.807) is 18.9 Å². The summed E-state index contributed by atoms with van der Waals surface area (Å²) in [4.78, 5) is 39.9. The van der Waals surface area contributed by atoms with Gasteiger partial charge < -0.3 is 38.4 Å². The third kappa shape index (κ3) is 11.9. The van der Waals surface area contributed by atoms with E-state index in [0.29, 0.717) is 41.8 Å². The second-order valence-electron chi connectivity index (χ2n) is 17.4. The van der Waals surface area contributed by atoms with Crippen molar-refractivity contribution in [2.75, 3.05) is 48.1 Å². The predicted molar refractivity (Wildman–Crippen MR) is 240 cm³/mol. The number of nitrogens with zero attached hydrogens (tertiary/aromatic N) is 3. The van der Waals surface area contributed by atoms with Crippen LogP contribution < -0.4 is 19.7 Å². The standard InChI is InChI=1S/C48H67N4O10P/c1-34(2)51(35(3)4)63(55,59-31-17-28-49)58-30-16-11-10-15-29-50-47(54)61-42-32-43-45(60-36(5)53)46(44(33-42)52(43,6)7)62-48(37-18-13-12-14-19-37,38-20-24-40(56-8)25-21-38)39-22-26-41(57-9)27-23-39/h12-14,18-27,34-35,42-46H,10-11,15-17,29-33H2,1-9H3/p+1/t42?,43-,44+,45-,46+,63?/m0/s1. The number of likely N-dealkylation sites (N-methyl/N-ethyl adjacent to an activating group) is 1. The fraction of sp³-hybridized carbons (Fsp3) is 0.562. The fourth-order valence-corrected chi connectivity index (χ4v) is 11.5. The van der Waals surface area contributed by atoms with Crippen molar-refractivity contribution in [2.45, 2.75) is 128 Å². The molecule has 5 rings (SSSR count). The van der Waals surface area contributed by atoms with E-state index in [-0.39, 0.29) is 43.8 Å². The highest BCUT2D eigenvalue weighted by Gasteiger charge is 2.65. The van der Waals surface area contributed by atoms with Crippen molar-refractivity contribution in [1.29, 1.82) is 5.26 Å². The second-order valence-corrected chi connectivity index (χ2v) is 19.3. The molecule has 0 aromatic heterocycles. The van der Waals surface area contributed by atoms with E-state index in [9.17, 15) is 14.5 Å². The largest absolute Gasteiger partial charge is 0.616 e. The van der Waals surface area contributed by atoms with Crippen LogP contribution in [0.1, 0.15) is 96.3 Å². The number of nitriles is 1. The number of nitrogens with one attached hydrogen (secondary N) is 1. The molecule has 14 nitrogen and oxygen atoms in total. The molecule has 2 aliphatic heterocycles. The number of fused-ring (bicyclic) bond motifs is 2. The van der Waals surface area contributed by atoms with Gasteiger partial charge in [-0.15, -0.1) is 4.67 Å². The number of methoxy groups -OCH3 is 2. The number of alkyl carbamates (subject to hydrolysis) is 1. The zero-order valence-electron chi connectivity index (χ0n) is 38.5. The van der Waals surface area contributed by atoms with E-state index >= 15 is 0 Å². The van der Waals surface area contributed by atoms with Gasteiger partial charge in [-0.2, -0.15) is 14.3 Å². The SMILES string of the molecule is COc1ccc(C(O[C@H]2[C@@H](OC(C)=O)[C@@H]3CC(OC(=O)NCCCCCCO[P+]([O-])(OCCC#N)N(C(C)C)C(C)C)C[C@H]2[N+]3(C)C)(c2ccccc2)c2ccc(OC)cc2)cc1. The molecular weight excluding hydrogens is 824 g/mol. The highest BCUT2D eigenvalue weighted by Crippen LogP contribution is 2.58. The summed E-state index contributed by atoms with van der Waals surface area (Å²) in [7, 11) is 3.95. The molecule has 2 bridgehead atoms. The average Bonchev–Trinajstić information content (AvgIpc) is 3.33. The zero-order valence-corrected chi connectivity index (χ0v) is 39.4. The van der Waals surface area contributed by atoms with Crippen LogP contribution in [0, 0.1) is 11.3 Å². The Hall–Kier alpha value is -4.32. The molecule has 15 heteroatoms. The van der Waals surface area contributed by atoms with Gasteiger partial charge in [-0.1, -0.05) is 67.4 Å². The lowest BCUT2D eigenvalue weighted by atomic mass is 9.79. The maximum Gasteiger partial charge on any atom is 0.407 e. The Labute approximate surface area is 374 Å². The first kappa shape index (κ1) is 49.7. The molecule has 3 aromatic rings. The minimum Gasteiger partial charge on any atom is -0.616 e. The number of benzene rings is 3. The Morgan fingerprint density at radius 1 is 0.794 bits per heavy atom. The molecule has 344 valence electrons.